The van der Waals surface area contributed by atoms with Crippen LogP contribution < -0.4 is 0 Å². The molecule has 0 aliphatic rings. The van der Waals surface area contributed by atoms with Gasteiger partial charge in [-0.3, -0.25) is 0 Å². The number of aromatic carboxylic acids is 4. The molecule has 34 heavy (non-hydrogen) atoms. The van der Waals surface area contributed by atoms with Gasteiger partial charge in [-0.05, 0) is 59.3 Å². The van der Waals surface area contributed by atoms with E-state index in [4.69, 9.17) is 43.6 Å². The van der Waals surface area contributed by atoms with Gasteiger partial charge in [0, 0.05) is 20.8 Å². The zero-order valence-corrected chi connectivity index (χ0v) is 18.5. The van der Waals surface area contributed by atoms with Crippen molar-refractivity contribution < 1.29 is 39.6 Å². The summed E-state index contributed by atoms with van der Waals surface area (Å²) in [6.45, 7) is 0. The predicted octanol–water partition coefficient (Wildman–Crippen LogP) is 5.78. The van der Waals surface area contributed by atoms with E-state index in [-0.39, 0.29) is 0 Å². The number of rotatable bonds is 4. The molecule has 0 saturated carbocycles. The number of hydrogen-bond donors (Lipinski definition) is 4. The summed E-state index contributed by atoms with van der Waals surface area (Å²) in [5.74, 6) is -5.97. The molecule has 0 heterocycles. The van der Waals surface area contributed by atoms with E-state index in [2.05, 4.69) is 0 Å². The van der Waals surface area contributed by atoms with Crippen LogP contribution in [0.3, 0.4) is 0 Å². The molecule has 172 valence electrons. The van der Waals surface area contributed by atoms with Gasteiger partial charge in [-0.15, -0.1) is 0 Å². The largest absolute Gasteiger partial charge is 0.478 e. The summed E-state index contributed by atoms with van der Waals surface area (Å²) in [4.78, 5) is 45.1. The van der Waals surface area contributed by atoms with E-state index in [0.29, 0.717) is 0 Å². The van der Waals surface area contributed by atoms with Gasteiger partial charge in [-0.1, -0.05) is 35.3 Å². The molecule has 0 spiro atoms. The first kappa shape index (κ1) is 24.5. The average molecular weight is 501 g/mol. The molecule has 0 saturated heterocycles. The molecule has 0 radical (unpaired) electrons. The Bertz CT molecular complexity index is 1320. The Hall–Kier alpha value is -4.14. The van der Waals surface area contributed by atoms with Crippen molar-refractivity contribution in [3.8, 4) is 0 Å². The Morgan fingerprint density at radius 2 is 0.735 bits per heavy atom. The van der Waals surface area contributed by atoms with E-state index >= 15 is 0 Å². The predicted molar refractivity (Wildman–Crippen MR) is 126 cm³/mol. The summed E-state index contributed by atoms with van der Waals surface area (Å²) in [5.41, 5.74) is -1.94. The molecule has 10 heteroatoms. The third-order valence-electron chi connectivity index (χ3n) is 4.85. The zero-order chi connectivity index (χ0) is 25.2. The lowest BCUT2D eigenvalue weighted by Gasteiger charge is -2.11. The van der Waals surface area contributed by atoms with E-state index in [1.165, 1.54) is 0 Å². The molecule has 4 rings (SSSR count). The summed E-state index contributed by atoms with van der Waals surface area (Å²) in [6, 6.07) is 15.2. The van der Waals surface area contributed by atoms with E-state index < -0.39 is 56.9 Å². The monoisotopic (exact) mass is 500 g/mol. The number of carbonyl (C=O) groups is 4. The lowest BCUT2D eigenvalue weighted by atomic mass is 9.91. The Morgan fingerprint density at radius 1 is 0.471 bits per heavy atom. The molecule has 4 N–H and O–H groups in total. The fourth-order valence-corrected chi connectivity index (χ4v) is 3.76. The van der Waals surface area contributed by atoms with Crippen LogP contribution in [0, 0.1) is 0 Å². The van der Waals surface area contributed by atoms with Crippen molar-refractivity contribution in [2.75, 3.05) is 0 Å². The first-order valence-corrected chi connectivity index (χ1v) is 10.1. The number of hydrogen-bond acceptors (Lipinski definition) is 4. The molecule has 4 aromatic rings. The van der Waals surface area contributed by atoms with Crippen LogP contribution in [0.4, 0.5) is 0 Å². The van der Waals surface area contributed by atoms with Gasteiger partial charge in [-0.2, -0.15) is 0 Å². The quantitative estimate of drug-likeness (QED) is 0.275. The highest BCUT2D eigenvalue weighted by Crippen LogP contribution is 2.30. The maximum absolute atomic E-state index is 11.3. The maximum Gasteiger partial charge on any atom is 0.336 e. The van der Waals surface area contributed by atoms with Crippen LogP contribution in [0.1, 0.15) is 41.4 Å². The highest BCUT2D eigenvalue weighted by molar-refractivity contribution is 6.32. The minimum atomic E-state index is -1.49. The highest BCUT2D eigenvalue weighted by atomic mass is 35.5. The molecule has 0 amide bonds. The van der Waals surface area contributed by atoms with Crippen molar-refractivity contribution in [1.82, 2.24) is 0 Å². The Balaban J connectivity index is 0.000000226. The van der Waals surface area contributed by atoms with Gasteiger partial charge in [0.25, 0.3) is 0 Å². The minimum Gasteiger partial charge on any atom is -0.478 e. The normalized spacial score (nSPS) is 10.4. The van der Waals surface area contributed by atoms with Crippen molar-refractivity contribution in [1.29, 1.82) is 0 Å². The van der Waals surface area contributed by atoms with Gasteiger partial charge in [0.1, 0.15) is 0 Å². The number of carboxylic acid groups (broad SMARTS) is 4. The van der Waals surface area contributed by atoms with E-state index in [0.717, 1.165) is 45.1 Å². The molecule has 4 aromatic carbocycles. The standard InChI is InChI=1S/C14H8O8.C10H6Cl2/c15-11(16)5-1-2-6(12(17)18)10-8(14(21)22)4-3-7(9(5)10)13(19)20;11-9-3-1-7-5-10(12)4-2-8(7)6-9/h1-4H,(H,15,16)(H,17,18)(H,19,20)(H,21,22);1-6H. The van der Waals surface area contributed by atoms with Gasteiger partial charge in [0.2, 0.25) is 0 Å². The SMILES string of the molecule is Clc1ccc2cc(Cl)ccc2c1.O=C(O)c1ccc(C(=O)O)c2c(C(=O)O)ccc(C(=O)O)c12. The van der Waals surface area contributed by atoms with Gasteiger partial charge in [0.05, 0.1) is 22.3 Å². The van der Waals surface area contributed by atoms with Crippen LogP contribution >= 0.6 is 23.2 Å². The lowest BCUT2D eigenvalue weighted by molar-refractivity contribution is 0.0675. The summed E-state index contributed by atoms with van der Waals surface area (Å²) >= 11 is 11.7. The second kappa shape index (κ2) is 9.78. The number of carboxylic acids is 4. The van der Waals surface area contributed by atoms with Crippen LogP contribution in [-0.4, -0.2) is 44.3 Å². The van der Waals surface area contributed by atoms with Gasteiger partial charge in [0.15, 0.2) is 0 Å². The van der Waals surface area contributed by atoms with Crippen molar-refractivity contribution in [3.05, 3.63) is 93.0 Å². The summed E-state index contributed by atoms with van der Waals surface area (Å²) in [5, 5.41) is 39.5. The molecular weight excluding hydrogens is 487 g/mol. The van der Waals surface area contributed by atoms with Gasteiger partial charge >= 0.3 is 23.9 Å². The Labute approximate surface area is 201 Å². The summed E-state index contributed by atoms with van der Waals surface area (Å²) in [6.07, 6.45) is 0. The second-order valence-corrected chi connectivity index (χ2v) is 7.80. The van der Waals surface area contributed by atoms with Crippen LogP contribution in [0.25, 0.3) is 21.5 Å². The third kappa shape index (κ3) is 4.93. The van der Waals surface area contributed by atoms with E-state index in [9.17, 15) is 19.2 Å². The Morgan fingerprint density at radius 3 is 0.971 bits per heavy atom. The van der Waals surface area contributed by atoms with Gasteiger partial charge < -0.3 is 20.4 Å². The maximum atomic E-state index is 11.3. The summed E-state index contributed by atoms with van der Waals surface area (Å²) < 4.78 is 0. The first-order valence-electron chi connectivity index (χ1n) is 9.39. The molecule has 8 nitrogen and oxygen atoms in total. The zero-order valence-electron chi connectivity index (χ0n) is 17.0. The Kier molecular flexibility index (Phi) is 7.05. The lowest BCUT2D eigenvalue weighted by Crippen LogP contribution is -2.11. The molecule has 0 aliphatic carbocycles. The highest BCUT2D eigenvalue weighted by Gasteiger charge is 2.25. The molecule has 0 fully saturated rings. The molecule has 0 aliphatic heterocycles. The number of halogens is 2. The smallest absolute Gasteiger partial charge is 0.336 e. The third-order valence-corrected chi connectivity index (χ3v) is 5.32. The molecule has 0 bridgehead atoms. The topological polar surface area (TPSA) is 149 Å². The molecular formula is C24H14Cl2O8. The van der Waals surface area contributed by atoms with E-state index in [1.807, 2.05) is 36.4 Å². The second-order valence-electron chi connectivity index (χ2n) is 6.93. The van der Waals surface area contributed by atoms with Crippen LogP contribution in [0.2, 0.25) is 10.0 Å². The fourth-order valence-electron chi connectivity index (χ4n) is 3.40. The first-order chi connectivity index (χ1) is 16.0. The fraction of sp³-hybridized carbons (Fsp3) is 0. The van der Waals surface area contributed by atoms with Crippen molar-refractivity contribution in [2.24, 2.45) is 0 Å². The molecule has 0 aromatic heterocycles. The average Bonchev–Trinajstić information content (AvgIpc) is 2.77. The number of benzene rings is 4. The molecule has 0 unspecified atom stereocenters. The van der Waals surface area contributed by atoms with Crippen molar-refractivity contribution in [3.63, 3.8) is 0 Å². The summed E-state index contributed by atoms with van der Waals surface area (Å²) in [7, 11) is 0. The van der Waals surface area contributed by atoms with Crippen LogP contribution in [0.15, 0.2) is 60.7 Å². The van der Waals surface area contributed by atoms with Crippen LogP contribution in [0.5, 0.6) is 0 Å². The van der Waals surface area contributed by atoms with Crippen molar-refractivity contribution in [2.45, 2.75) is 0 Å². The van der Waals surface area contributed by atoms with Crippen LogP contribution in [-0.2, 0) is 0 Å². The van der Waals surface area contributed by atoms with Gasteiger partial charge in [-0.25, -0.2) is 19.2 Å². The number of fused-ring (bicyclic) bond motifs is 2. The molecule has 0 atom stereocenters. The minimum absolute atomic E-state index is 0.431. The van der Waals surface area contributed by atoms with E-state index in [1.54, 1.807) is 0 Å². The van der Waals surface area contributed by atoms with Crippen molar-refractivity contribution >= 4 is 68.6 Å².